The Morgan fingerprint density at radius 1 is 1.13 bits per heavy atom. The first kappa shape index (κ1) is 20.7. The van der Waals surface area contributed by atoms with Crippen LogP contribution in [0.3, 0.4) is 0 Å². The van der Waals surface area contributed by atoms with E-state index in [1.165, 1.54) is 25.3 Å². The molecule has 0 saturated carbocycles. The summed E-state index contributed by atoms with van der Waals surface area (Å²) in [4.78, 5) is -0.182. The second kappa shape index (κ2) is 8.26. The molecule has 5 nitrogen and oxygen atoms in total. The minimum Gasteiger partial charge on any atom is -0.494 e. The number of anilines is 1. The maximum Gasteiger partial charge on any atom is 0.265 e. The predicted octanol–water partition coefficient (Wildman–Crippen LogP) is 5.03. The van der Waals surface area contributed by atoms with Gasteiger partial charge in [-0.3, -0.25) is 4.72 Å². The lowest BCUT2D eigenvalue weighted by molar-refractivity contribution is 0.123. The summed E-state index contributed by atoms with van der Waals surface area (Å²) < 4.78 is 54.1. The van der Waals surface area contributed by atoms with Crippen LogP contribution in [-0.4, -0.2) is 22.1 Å². The van der Waals surface area contributed by atoms with Gasteiger partial charge < -0.3 is 9.47 Å². The number of halogens is 2. The Balaban J connectivity index is 1.91. The number of rotatable bonds is 1. The molecule has 1 aliphatic heterocycles. The third-order valence-electron chi connectivity index (χ3n) is 4.89. The van der Waals surface area contributed by atoms with Crippen LogP contribution >= 0.6 is 11.6 Å². The molecule has 0 amide bonds. The first-order chi connectivity index (χ1) is 14.4. The number of hydrogen-bond donors (Lipinski definition) is 1. The van der Waals surface area contributed by atoms with E-state index in [0.717, 1.165) is 11.1 Å². The molecule has 0 saturated heterocycles. The minimum atomic E-state index is -4.19. The van der Waals surface area contributed by atoms with E-state index in [4.69, 9.17) is 21.1 Å². The third kappa shape index (κ3) is 4.01. The fourth-order valence-electron chi connectivity index (χ4n) is 3.47. The van der Waals surface area contributed by atoms with E-state index in [1.54, 1.807) is 12.1 Å². The minimum absolute atomic E-state index is 0.0121. The Morgan fingerprint density at radius 3 is 2.73 bits per heavy atom. The third-order valence-corrected chi connectivity index (χ3v) is 6.54. The van der Waals surface area contributed by atoms with Gasteiger partial charge in [-0.2, -0.15) is 0 Å². The number of ether oxygens (including phenoxy) is 2. The molecule has 4 bridgehead atoms. The van der Waals surface area contributed by atoms with E-state index in [0.29, 0.717) is 24.2 Å². The van der Waals surface area contributed by atoms with Gasteiger partial charge in [0.15, 0.2) is 5.75 Å². The number of fused-ring (bicyclic) bond motifs is 6. The number of benzene rings is 3. The molecule has 0 spiro atoms. The van der Waals surface area contributed by atoms with Crippen LogP contribution in [0.25, 0.3) is 11.1 Å². The zero-order valence-electron chi connectivity index (χ0n) is 16.1. The Kier molecular flexibility index (Phi) is 5.69. The van der Waals surface area contributed by atoms with Crippen LogP contribution < -0.4 is 9.46 Å². The summed E-state index contributed by atoms with van der Waals surface area (Å²) >= 11 is 6.24. The van der Waals surface area contributed by atoms with Crippen molar-refractivity contribution >= 4 is 27.3 Å². The highest BCUT2D eigenvalue weighted by Gasteiger charge is 2.25. The van der Waals surface area contributed by atoms with Gasteiger partial charge in [0.05, 0.1) is 31.0 Å². The molecule has 3 aromatic carbocycles. The van der Waals surface area contributed by atoms with Gasteiger partial charge in [0.1, 0.15) is 10.7 Å². The van der Waals surface area contributed by atoms with Gasteiger partial charge in [0, 0.05) is 0 Å². The summed E-state index contributed by atoms with van der Waals surface area (Å²) in [5.41, 5.74) is 3.02. The van der Waals surface area contributed by atoms with Gasteiger partial charge >= 0.3 is 0 Å². The molecule has 30 heavy (non-hydrogen) atoms. The molecule has 1 N–H and O–H groups in total. The molecule has 1 aliphatic rings. The fourth-order valence-corrected chi connectivity index (χ4v) is 5.14. The summed E-state index contributed by atoms with van der Waals surface area (Å²) in [5.74, 6) is -0.696. The Morgan fingerprint density at radius 2 is 1.93 bits per heavy atom. The molecular formula is C22H19ClFNO4S. The molecule has 0 aliphatic carbocycles. The van der Waals surface area contributed by atoms with Crippen LogP contribution in [0.2, 0.25) is 5.02 Å². The first-order valence-corrected chi connectivity index (χ1v) is 11.1. The molecular weight excluding hydrogens is 429 g/mol. The monoisotopic (exact) mass is 447 g/mol. The number of nitrogens with one attached hydrogen (secondary N) is 1. The lowest BCUT2D eigenvalue weighted by atomic mass is 9.97. The molecule has 156 valence electrons. The van der Waals surface area contributed by atoms with Crippen molar-refractivity contribution in [3.63, 3.8) is 0 Å². The van der Waals surface area contributed by atoms with E-state index in [-0.39, 0.29) is 28.0 Å². The van der Waals surface area contributed by atoms with Crippen molar-refractivity contribution in [2.45, 2.75) is 17.9 Å². The Hall–Kier alpha value is -2.61. The molecule has 3 aromatic rings. The quantitative estimate of drug-likeness (QED) is 0.568. The van der Waals surface area contributed by atoms with Crippen molar-refractivity contribution in [1.82, 2.24) is 0 Å². The zero-order valence-corrected chi connectivity index (χ0v) is 17.7. The average Bonchev–Trinajstić information content (AvgIpc) is 2.72. The topological polar surface area (TPSA) is 64.6 Å². The van der Waals surface area contributed by atoms with Crippen molar-refractivity contribution in [2.24, 2.45) is 0 Å². The molecule has 0 fully saturated rings. The molecule has 8 heteroatoms. The summed E-state index contributed by atoms with van der Waals surface area (Å²) in [6.07, 6.45) is 0.644. The molecule has 0 aromatic heterocycles. The van der Waals surface area contributed by atoms with E-state index < -0.39 is 15.8 Å². The van der Waals surface area contributed by atoms with Gasteiger partial charge in [0.2, 0.25) is 0 Å². The summed E-state index contributed by atoms with van der Waals surface area (Å²) in [6, 6.07) is 15.1. The van der Waals surface area contributed by atoms with Gasteiger partial charge in [-0.15, -0.1) is 0 Å². The number of methoxy groups -OCH3 is 1. The Bertz CT molecular complexity index is 1210. The van der Waals surface area contributed by atoms with Crippen molar-refractivity contribution < 1.29 is 22.3 Å². The highest BCUT2D eigenvalue weighted by atomic mass is 35.5. The van der Waals surface area contributed by atoms with Crippen LogP contribution in [-0.2, 0) is 27.8 Å². The maximum atomic E-state index is 14.5. The second-order valence-corrected chi connectivity index (χ2v) is 8.93. The normalized spacial score (nSPS) is 15.4. The zero-order chi connectivity index (χ0) is 21.3. The lowest BCUT2D eigenvalue weighted by Gasteiger charge is -2.17. The van der Waals surface area contributed by atoms with Crippen molar-refractivity contribution in [1.29, 1.82) is 0 Å². The van der Waals surface area contributed by atoms with Crippen LogP contribution in [0.1, 0.15) is 11.1 Å². The SMILES string of the molecule is COc1c(Cl)cc2cc1S(=O)(=O)Nc1cc(ccc1F)-c1ccccc1CCOC2. The standard InChI is InChI=1S/C22H19ClFNO4S/c1-28-22-18(23)10-14-11-21(22)30(26,27)25-20-12-16(6-7-19(20)24)17-5-3-2-4-15(17)8-9-29-13-14/h2-7,10-12,25H,8-9,13H2,1H3. The maximum absolute atomic E-state index is 14.5. The number of sulfonamides is 1. The molecule has 1 heterocycles. The van der Waals surface area contributed by atoms with E-state index >= 15 is 0 Å². The fraction of sp³-hybridized carbons (Fsp3) is 0.182. The van der Waals surface area contributed by atoms with Crippen molar-refractivity contribution in [3.8, 4) is 16.9 Å². The van der Waals surface area contributed by atoms with E-state index in [1.807, 2.05) is 24.3 Å². The van der Waals surface area contributed by atoms with E-state index in [9.17, 15) is 12.8 Å². The van der Waals surface area contributed by atoms with Gasteiger partial charge in [-0.25, -0.2) is 12.8 Å². The highest BCUT2D eigenvalue weighted by molar-refractivity contribution is 7.92. The lowest BCUT2D eigenvalue weighted by Crippen LogP contribution is -2.16. The smallest absolute Gasteiger partial charge is 0.265 e. The van der Waals surface area contributed by atoms with Crippen molar-refractivity contribution in [2.75, 3.05) is 18.4 Å². The van der Waals surface area contributed by atoms with Gasteiger partial charge in [-0.1, -0.05) is 41.9 Å². The molecule has 4 rings (SSSR count). The highest BCUT2D eigenvalue weighted by Crippen LogP contribution is 2.36. The predicted molar refractivity (Wildman–Crippen MR) is 114 cm³/mol. The summed E-state index contributed by atoms with van der Waals surface area (Å²) in [5, 5.41) is 0.130. The summed E-state index contributed by atoms with van der Waals surface area (Å²) in [7, 11) is -2.86. The molecule has 0 atom stereocenters. The van der Waals surface area contributed by atoms with Crippen LogP contribution in [0.5, 0.6) is 5.75 Å². The van der Waals surface area contributed by atoms with Crippen molar-refractivity contribution in [3.05, 3.63) is 76.6 Å². The van der Waals surface area contributed by atoms with Gasteiger partial charge in [0.25, 0.3) is 10.0 Å². The number of hydrogen-bond acceptors (Lipinski definition) is 4. The average molecular weight is 448 g/mol. The Labute approximate surface area is 179 Å². The largest absolute Gasteiger partial charge is 0.494 e. The van der Waals surface area contributed by atoms with Crippen LogP contribution in [0.4, 0.5) is 10.1 Å². The van der Waals surface area contributed by atoms with Crippen LogP contribution in [0, 0.1) is 5.82 Å². The van der Waals surface area contributed by atoms with Gasteiger partial charge in [-0.05, 0) is 52.9 Å². The van der Waals surface area contributed by atoms with E-state index in [2.05, 4.69) is 4.72 Å². The van der Waals surface area contributed by atoms with Crippen LogP contribution in [0.15, 0.2) is 59.5 Å². The summed E-state index contributed by atoms with van der Waals surface area (Å²) in [6.45, 7) is 0.600. The molecule has 0 unspecified atom stereocenters. The molecule has 0 radical (unpaired) electrons. The first-order valence-electron chi connectivity index (χ1n) is 9.24. The second-order valence-electron chi connectivity index (χ2n) is 6.87.